The number of ether oxygens (including phenoxy) is 1. The number of nitrogens with one attached hydrogen (secondary N) is 1. The molecule has 0 spiro atoms. The first kappa shape index (κ1) is 20.6. The van der Waals surface area contributed by atoms with Crippen LogP contribution in [0.1, 0.15) is 29.5 Å². The van der Waals surface area contributed by atoms with Crippen molar-refractivity contribution in [2.45, 2.75) is 19.1 Å². The normalized spacial score (nSPS) is 11.3. The highest BCUT2D eigenvalue weighted by molar-refractivity contribution is 7.90. The molecule has 0 fully saturated rings. The third kappa shape index (κ3) is 5.23. The van der Waals surface area contributed by atoms with E-state index in [1.165, 1.54) is 0 Å². The molecule has 0 aliphatic carbocycles. The summed E-state index contributed by atoms with van der Waals surface area (Å²) in [6.07, 6.45) is -0.239. The van der Waals surface area contributed by atoms with Crippen LogP contribution in [0.4, 0.5) is 5.69 Å². The average Bonchev–Trinajstić information content (AvgIpc) is 3.06. The molecule has 0 bridgehead atoms. The molecule has 29 heavy (non-hydrogen) atoms. The van der Waals surface area contributed by atoms with Gasteiger partial charge in [-0.05, 0) is 24.6 Å². The van der Waals surface area contributed by atoms with Gasteiger partial charge >= 0.3 is 5.97 Å². The monoisotopic (exact) mass is 415 g/mol. The van der Waals surface area contributed by atoms with Gasteiger partial charge in [-0.15, -0.1) is 0 Å². The van der Waals surface area contributed by atoms with Crippen LogP contribution in [-0.4, -0.2) is 32.7 Å². The number of sulfone groups is 1. The second-order valence-electron chi connectivity index (χ2n) is 6.40. The van der Waals surface area contributed by atoms with Gasteiger partial charge in [0.05, 0.1) is 18.1 Å². The Morgan fingerprint density at radius 2 is 1.72 bits per heavy atom. The highest BCUT2D eigenvalue weighted by Gasteiger charge is 2.24. The molecule has 0 aliphatic heterocycles. The molecule has 1 aromatic heterocycles. The third-order valence-corrected chi connectivity index (χ3v) is 5.79. The van der Waals surface area contributed by atoms with Crippen molar-refractivity contribution in [3.63, 3.8) is 0 Å². The summed E-state index contributed by atoms with van der Waals surface area (Å²) >= 11 is 0. The molecule has 7 nitrogen and oxygen atoms in total. The van der Waals surface area contributed by atoms with Gasteiger partial charge in [-0.3, -0.25) is 4.79 Å². The lowest BCUT2D eigenvalue weighted by Gasteiger charge is -2.07. The maximum atomic E-state index is 12.4. The molecule has 0 unspecified atom stereocenters. The fourth-order valence-corrected chi connectivity index (χ4v) is 4.20. The van der Waals surface area contributed by atoms with Gasteiger partial charge in [0.1, 0.15) is 11.3 Å². The number of carbonyl (C=O) groups excluding carboxylic acids is 2. The van der Waals surface area contributed by atoms with E-state index in [0.717, 1.165) is 0 Å². The maximum absolute atomic E-state index is 12.4. The lowest BCUT2D eigenvalue weighted by atomic mass is 10.2. The molecule has 1 N–H and O–H groups in total. The number of amides is 1. The van der Waals surface area contributed by atoms with Crippen LogP contribution in [0.2, 0.25) is 0 Å². The van der Waals surface area contributed by atoms with Gasteiger partial charge in [0.25, 0.3) is 0 Å². The van der Waals surface area contributed by atoms with Crippen LogP contribution in [0.25, 0.3) is 11.0 Å². The Labute approximate surface area is 168 Å². The van der Waals surface area contributed by atoms with Crippen LogP contribution in [0.15, 0.2) is 59.0 Å². The Balaban J connectivity index is 1.72. The number of furan rings is 1. The Hall–Kier alpha value is -3.13. The number of benzene rings is 2. The number of fused-ring (bicyclic) bond motifs is 1. The van der Waals surface area contributed by atoms with E-state index in [1.54, 1.807) is 61.5 Å². The van der Waals surface area contributed by atoms with Gasteiger partial charge in [0.15, 0.2) is 9.84 Å². The van der Waals surface area contributed by atoms with E-state index in [-0.39, 0.29) is 36.0 Å². The number of hydrogen-bond donors (Lipinski definition) is 1. The molecular formula is C21H21NO6S. The molecule has 2 aromatic carbocycles. The van der Waals surface area contributed by atoms with E-state index in [0.29, 0.717) is 16.5 Å². The van der Waals surface area contributed by atoms with Gasteiger partial charge < -0.3 is 14.5 Å². The summed E-state index contributed by atoms with van der Waals surface area (Å²) in [6.45, 7) is 1.82. The summed E-state index contributed by atoms with van der Waals surface area (Å²) in [6, 6.07) is 15.6. The van der Waals surface area contributed by atoms with Gasteiger partial charge in [-0.25, -0.2) is 13.2 Å². The first-order valence-corrected chi connectivity index (χ1v) is 10.9. The van der Waals surface area contributed by atoms with Crippen LogP contribution in [0.3, 0.4) is 0 Å². The summed E-state index contributed by atoms with van der Waals surface area (Å²) in [5.41, 5.74) is 1.27. The second kappa shape index (κ2) is 8.91. The van der Waals surface area contributed by atoms with Gasteiger partial charge in [-0.2, -0.15) is 0 Å². The van der Waals surface area contributed by atoms with Gasteiger partial charge in [0.2, 0.25) is 11.7 Å². The molecule has 8 heteroatoms. The smallest absolute Gasteiger partial charge is 0.376 e. The number of hydrogen-bond acceptors (Lipinski definition) is 6. The predicted octanol–water partition coefficient (Wildman–Crippen LogP) is 3.55. The summed E-state index contributed by atoms with van der Waals surface area (Å²) in [4.78, 5) is 24.6. The van der Waals surface area contributed by atoms with Crippen molar-refractivity contribution in [3.8, 4) is 0 Å². The molecule has 0 atom stereocenters. The number of carbonyl (C=O) groups is 2. The Morgan fingerprint density at radius 3 is 2.45 bits per heavy atom. The van der Waals surface area contributed by atoms with Crippen LogP contribution < -0.4 is 5.32 Å². The van der Waals surface area contributed by atoms with E-state index in [1.807, 2.05) is 0 Å². The highest BCUT2D eigenvalue weighted by atomic mass is 32.2. The lowest BCUT2D eigenvalue weighted by molar-refractivity contribution is -0.115. The Morgan fingerprint density at radius 1 is 1.03 bits per heavy atom. The molecule has 1 heterocycles. The molecule has 3 aromatic rings. The van der Waals surface area contributed by atoms with Crippen LogP contribution in [0, 0.1) is 0 Å². The minimum absolute atomic E-state index is 0.117. The molecule has 0 aliphatic rings. The fraction of sp³-hybridized carbons (Fsp3) is 0.238. The van der Waals surface area contributed by atoms with Gasteiger partial charge in [-0.1, -0.05) is 42.5 Å². The zero-order valence-electron chi connectivity index (χ0n) is 15.9. The standard InChI is InChI=1S/C21H21NO6S/c1-2-27-21(24)20-19(16-10-6-7-11-17(16)28-20)22-18(23)12-13-29(25,26)14-15-8-4-3-5-9-15/h3-11H,2,12-14H2,1H3,(H,22,23). The summed E-state index contributed by atoms with van der Waals surface area (Å²) in [5.74, 6) is -1.79. The molecule has 0 saturated heterocycles. The molecule has 3 rings (SSSR count). The zero-order chi connectivity index (χ0) is 20.9. The molecule has 0 radical (unpaired) electrons. The number of para-hydroxylation sites is 1. The topological polar surface area (TPSA) is 103 Å². The Kier molecular flexibility index (Phi) is 6.33. The van der Waals surface area contributed by atoms with Crippen molar-refractivity contribution in [2.24, 2.45) is 0 Å². The number of esters is 1. The number of rotatable bonds is 8. The van der Waals surface area contributed by atoms with E-state index >= 15 is 0 Å². The third-order valence-electron chi connectivity index (χ3n) is 4.19. The maximum Gasteiger partial charge on any atom is 0.376 e. The minimum Gasteiger partial charge on any atom is -0.460 e. The van der Waals surface area contributed by atoms with E-state index in [9.17, 15) is 18.0 Å². The highest BCUT2D eigenvalue weighted by Crippen LogP contribution is 2.31. The SMILES string of the molecule is CCOC(=O)c1oc2ccccc2c1NC(=O)CCS(=O)(=O)Cc1ccccc1. The molecular weight excluding hydrogens is 394 g/mol. The minimum atomic E-state index is -3.46. The van der Waals surface area contributed by atoms with Crippen molar-refractivity contribution in [1.82, 2.24) is 0 Å². The summed E-state index contributed by atoms with van der Waals surface area (Å²) < 4.78 is 35.1. The quantitative estimate of drug-likeness (QED) is 0.565. The van der Waals surface area contributed by atoms with Crippen LogP contribution in [0.5, 0.6) is 0 Å². The average molecular weight is 415 g/mol. The summed E-state index contributed by atoms with van der Waals surface area (Å²) in [5, 5.41) is 3.15. The molecule has 0 saturated carbocycles. The van der Waals surface area contributed by atoms with Gasteiger partial charge in [0, 0.05) is 11.8 Å². The van der Waals surface area contributed by atoms with E-state index in [2.05, 4.69) is 5.32 Å². The van der Waals surface area contributed by atoms with E-state index in [4.69, 9.17) is 9.15 Å². The summed E-state index contributed by atoms with van der Waals surface area (Å²) in [7, 11) is -3.46. The fourth-order valence-electron chi connectivity index (χ4n) is 2.86. The molecule has 152 valence electrons. The Bertz CT molecular complexity index is 1120. The predicted molar refractivity (Wildman–Crippen MR) is 109 cm³/mol. The zero-order valence-corrected chi connectivity index (χ0v) is 16.7. The van der Waals surface area contributed by atoms with Crippen molar-refractivity contribution < 1.29 is 27.2 Å². The lowest BCUT2D eigenvalue weighted by Crippen LogP contribution is -2.19. The van der Waals surface area contributed by atoms with Crippen molar-refractivity contribution >= 4 is 38.4 Å². The van der Waals surface area contributed by atoms with Crippen molar-refractivity contribution in [3.05, 3.63) is 65.9 Å². The van der Waals surface area contributed by atoms with Crippen LogP contribution in [-0.2, 0) is 25.1 Å². The first-order chi connectivity index (χ1) is 13.9. The largest absolute Gasteiger partial charge is 0.460 e. The first-order valence-electron chi connectivity index (χ1n) is 9.12. The van der Waals surface area contributed by atoms with Crippen molar-refractivity contribution in [2.75, 3.05) is 17.7 Å². The second-order valence-corrected chi connectivity index (χ2v) is 8.58. The molecule has 1 amide bonds. The van der Waals surface area contributed by atoms with E-state index < -0.39 is 21.7 Å². The van der Waals surface area contributed by atoms with Crippen LogP contribution >= 0.6 is 0 Å². The van der Waals surface area contributed by atoms with Crippen molar-refractivity contribution in [1.29, 1.82) is 0 Å². The number of anilines is 1.